The highest BCUT2D eigenvalue weighted by Gasteiger charge is 2.16. The molecule has 1 aromatic carbocycles. The van der Waals surface area contributed by atoms with Crippen LogP contribution in [0, 0.1) is 31.1 Å². The topological polar surface area (TPSA) is 89.2 Å². The second-order valence-electron chi connectivity index (χ2n) is 7.62. The van der Waals surface area contributed by atoms with Gasteiger partial charge in [0, 0.05) is 17.9 Å². The van der Waals surface area contributed by atoms with Crippen molar-refractivity contribution in [2.45, 2.75) is 45.6 Å². The van der Waals surface area contributed by atoms with Crippen LogP contribution in [0.1, 0.15) is 37.2 Å². The summed E-state index contributed by atoms with van der Waals surface area (Å²) < 4.78 is 31.8. The van der Waals surface area contributed by atoms with Crippen LogP contribution in [0.5, 0.6) is 0 Å². The Hall–Kier alpha value is -2.85. The number of hydrogen-bond donors (Lipinski definition) is 0. The van der Waals surface area contributed by atoms with Crippen molar-refractivity contribution >= 4 is 21.9 Å². The Morgan fingerprint density at radius 3 is 2.50 bits per heavy atom. The molecule has 7 heteroatoms. The first kappa shape index (κ1) is 23.4. The molecule has 0 amide bonds. The third-order valence-corrected chi connectivity index (χ3v) is 6.51. The Morgan fingerprint density at radius 1 is 1.23 bits per heavy atom. The van der Waals surface area contributed by atoms with E-state index >= 15 is 0 Å². The molecule has 30 heavy (non-hydrogen) atoms. The monoisotopic (exact) mass is 428 g/mol. The predicted octanol–water partition coefficient (Wildman–Crippen LogP) is 4.08. The van der Waals surface area contributed by atoms with Gasteiger partial charge in [-0.3, -0.25) is 0 Å². The highest BCUT2D eigenvalue weighted by atomic mass is 32.2. The van der Waals surface area contributed by atoms with Gasteiger partial charge in [0.15, 0.2) is 9.84 Å². The molecular weight excluding hydrogens is 400 g/mol. The SMILES string of the molecule is Cc1cc(C=C(C#N)C(=O)OCCCS(=O)(=O)c2ccccc2)c(C)n1CC(C)C. The normalized spacial score (nSPS) is 12.1. The molecule has 1 heterocycles. The molecular formula is C23H28N2O4S. The molecule has 2 aromatic rings. The van der Waals surface area contributed by atoms with Crippen LogP contribution in [0.4, 0.5) is 0 Å². The summed E-state index contributed by atoms with van der Waals surface area (Å²) in [5, 5.41) is 9.38. The van der Waals surface area contributed by atoms with Crippen molar-refractivity contribution in [1.82, 2.24) is 4.57 Å². The van der Waals surface area contributed by atoms with E-state index < -0.39 is 15.8 Å². The largest absolute Gasteiger partial charge is 0.462 e. The first-order chi connectivity index (χ1) is 14.2. The Kier molecular flexibility index (Phi) is 8.01. The van der Waals surface area contributed by atoms with Crippen molar-refractivity contribution in [2.75, 3.05) is 12.4 Å². The third kappa shape index (κ3) is 6.07. The zero-order chi connectivity index (χ0) is 22.3. The molecule has 160 valence electrons. The lowest BCUT2D eigenvalue weighted by atomic mass is 10.1. The van der Waals surface area contributed by atoms with Crippen molar-refractivity contribution in [3.8, 4) is 6.07 Å². The van der Waals surface area contributed by atoms with Gasteiger partial charge in [0.1, 0.15) is 11.6 Å². The number of esters is 1. The summed E-state index contributed by atoms with van der Waals surface area (Å²) in [6, 6.07) is 12.0. The fraction of sp³-hybridized carbons (Fsp3) is 0.391. The number of nitrogens with zero attached hydrogens (tertiary/aromatic N) is 2. The molecule has 2 rings (SSSR count). The summed E-state index contributed by atoms with van der Waals surface area (Å²) in [6.07, 6.45) is 1.69. The van der Waals surface area contributed by atoms with Crippen molar-refractivity contribution < 1.29 is 17.9 Å². The lowest BCUT2D eigenvalue weighted by molar-refractivity contribution is -0.138. The number of sulfone groups is 1. The highest BCUT2D eigenvalue weighted by Crippen LogP contribution is 2.20. The van der Waals surface area contributed by atoms with Gasteiger partial charge in [0.05, 0.1) is 17.3 Å². The minimum Gasteiger partial charge on any atom is -0.462 e. The Balaban J connectivity index is 2.00. The molecule has 0 bridgehead atoms. The molecule has 0 spiro atoms. The van der Waals surface area contributed by atoms with Gasteiger partial charge in [-0.15, -0.1) is 0 Å². The van der Waals surface area contributed by atoms with E-state index in [1.165, 1.54) is 18.2 Å². The zero-order valence-electron chi connectivity index (χ0n) is 17.9. The molecule has 0 fully saturated rings. The van der Waals surface area contributed by atoms with E-state index in [4.69, 9.17) is 4.74 Å². The molecule has 0 unspecified atom stereocenters. The number of ether oxygens (including phenoxy) is 1. The lowest BCUT2D eigenvalue weighted by Crippen LogP contribution is -2.13. The molecule has 0 saturated carbocycles. The van der Waals surface area contributed by atoms with E-state index in [9.17, 15) is 18.5 Å². The smallest absolute Gasteiger partial charge is 0.348 e. The van der Waals surface area contributed by atoms with Gasteiger partial charge in [0.25, 0.3) is 0 Å². The second kappa shape index (κ2) is 10.3. The molecule has 0 saturated heterocycles. The molecule has 1 aromatic heterocycles. The van der Waals surface area contributed by atoms with Gasteiger partial charge in [-0.2, -0.15) is 5.26 Å². The Morgan fingerprint density at radius 2 is 1.90 bits per heavy atom. The Bertz CT molecular complexity index is 1060. The number of hydrogen-bond acceptors (Lipinski definition) is 5. The van der Waals surface area contributed by atoms with Crippen LogP contribution in [0.25, 0.3) is 6.08 Å². The Labute approximate surface area is 178 Å². The van der Waals surface area contributed by atoms with E-state index in [0.29, 0.717) is 5.92 Å². The van der Waals surface area contributed by atoms with Crippen LogP contribution in [-0.4, -0.2) is 31.3 Å². The molecule has 0 aliphatic carbocycles. The van der Waals surface area contributed by atoms with Gasteiger partial charge in [-0.05, 0) is 56.0 Å². The van der Waals surface area contributed by atoms with Crippen molar-refractivity contribution in [2.24, 2.45) is 5.92 Å². The van der Waals surface area contributed by atoms with Crippen LogP contribution in [0.3, 0.4) is 0 Å². The fourth-order valence-electron chi connectivity index (χ4n) is 3.15. The standard InChI is InChI=1S/C23H28N2O4S/c1-17(2)16-25-18(3)13-20(19(25)4)14-21(15-24)23(26)29-11-8-12-30(27,28)22-9-6-5-7-10-22/h5-7,9-10,13-14,17H,8,11-12,16H2,1-4H3. The van der Waals surface area contributed by atoms with Crippen LogP contribution in [0.15, 0.2) is 46.9 Å². The van der Waals surface area contributed by atoms with Crippen molar-refractivity contribution in [3.05, 3.63) is 58.9 Å². The van der Waals surface area contributed by atoms with E-state index in [2.05, 4.69) is 18.4 Å². The number of rotatable bonds is 9. The summed E-state index contributed by atoms with van der Waals surface area (Å²) in [5.41, 5.74) is 2.74. The summed E-state index contributed by atoms with van der Waals surface area (Å²) in [7, 11) is -3.42. The van der Waals surface area contributed by atoms with Gasteiger partial charge >= 0.3 is 5.97 Å². The van der Waals surface area contributed by atoms with E-state index in [1.54, 1.807) is 18.2 Å². The van der Waals surface area contributed by atoms with Crippen molar-refractivity contribution in [3.63, 3.8) is 0 Å². The van der Waals surface area contributed by atoms with Crippen LogP contribution in [0.2, 0.25) is 0 Å². The fourth-order valence-corrected chi connectivity index (χ4v) is 4.45. The van der Waals surface area contributed by atoms with E-state index in [0.717, 1.165) is 23.5 Å². The molecule has 0 aliphatic rings. The summed E-state index contributed by atoms with van der Waals surface area (Å²) >= 11 is 0. The average Bonchev–Trinajstić information content (AvgIpc) is 2.96. The quantitative estimate of drug-likeness (QED) is 0.260. The number of aromatic nitrogens is 1. The maximum atomic E-state index is 12.3. The first-order valence-electron chi connectivity index (χ1n) is 9.89. The van der Waals surface area contributed by atoms with Gasteiger partial charge in [0.2, 0.25) is 0 Å². The zero-order valence-corrected chi connectivity index (χ0v) is 18.7. The number of carbonyl (C=O) groups excluding carboxylic acids is 1. The summed E-state index contributed by atoms with van der Waals surface area (Å²) in [6.45, 7) is 8.99. The van der Waals surface area contributed by atoms with Gasteiger partial charge < -0.3 is 9.30 Å². The molecule has 0 aliphatic heterocycles. The van der Waals surface area contributed by atoms with Gasteiger partial charge in [-0.25, -0.2) is 13.2 Å². The first-order valence-corrected chi connectivity index (χ1v) is 11.5. The van der Waals surface area contributed by atoms with E-state index in [1.807, 2.05) is 26.0 Å². The van der Waals surface area contributed by atoms with Gasteiger partial charge in [-0.1, -0.05) is 32.0 Å². The molecule has 6 nitrogen and oxygen atoms in total. The van der Waals surface area contributed by atoms with Crippen LogP contribution in [-0.2, 0) is 25.9 Å². The van der Waals surface area contributed by atoms with Crippen LogP contribution < -0.4 is 0 Å². The van der Waals surface area contributed by atoms with Crippen LogP contribution >= 0.6 is 0 Å². The molecule has 0 radical (unpaired) electrons. The third-order valence-electron chi connectivity index (χ3n) is 4.69. The minimum absolute atomic E-state index is 0.0731. The highest BCUT2D eigenvalue weighted by molar-refractivity contribution is 7.91. The summed E-state index contributed by atoms with van der Waals surface area (Å²) in [4.78, 5) is 12.5. The maximum Gasteiger partial charge on any atom is 0.348 e. The summed E-state index contributed by atoms with van der Waals surface area (Å²) in [5.74, 6) is -0.408. The predicted molar refractivity (Wildman–Crippen MR) is 116 cm³/mol. The average molecular weight is 429 g/mol. The molecule has 0 atom stereocenters. The molecule has 0 N–H and O–H groups in total. The van der Waals surface area contributed by atoms with Crippen molar-refractivity contribution in [1.29, 1.82) is 5.26 Å². The minimum atomic E-state index is -3.42. The number of benzene rings is 1. The maximum absolute atomic E-state index is 12.3. The number of nitriles is 1. The second-order valence-corrected chi connectivity index (χ2v) is 9.73. The van der Waals surface area contributed by atoms with E-state index in [-0.39, 0.29) is 29.2 Å². The number of carbonyl (C=O) groups is 1. The lowest BCUT2D eigenvalue weighted by Gasteiger charge is -2.12. The number of aryl methyl sites for hydroxylation is 1.